The number of rotatable bonds is 4. The van der Waals surface area contributed by atoms with Gasteiger partial charge in [0.2, 0.25) is 5.91 Å². The minimum atomic E-state index is -0.169. The van der Waals surface area contributed by atoms with Gasteiger partial charge in [-0.1, -0.05) is 5.16 Å². The standard InChI is InChI=1S/C15H15ClN2O3/c1-10-9-21-17-13(10)8-18(15(19)7-16)12-2-3-14-11(6-12)4-5-20-14/h2-3,6,9H,4-5,7-8H2,1H3. The number of benzene rings is 1. The predicted octanol–water partition coefficient (Wildman–Crippen LogP) is 2.69. The van der Waals surface area contributed by atoms with E-state index in [9.17, 15) is 4.79 Å². The number of halogens is 1. The lowest BCUT2D eigenvalue weighted by Crippen LogP contribution is -2.31. The van der Waals surface area contributed by atoms with E-state index < -0.39 is 0 Å². The van der Waals surface area contributed by atoms with Crippen LogP contribution in [0.15, 0.2) is 29.0 Å². The number of carbonyl (C=O) groups excluding carboxylic acids is 1. The largest absolute Gasteiger partial charge is 0.493 e. The van der Waals surface area contributed by atoms with Gasteiger partial charge in [-0.2, -0.15) is 0 Å². The zero-order chi connectivity index (χ0) is 14.8. The highest BCUT2D eigenvalue weighted by Gasteiger charge is 2.20. The van der Waals surface area contributed by atoms with E-state index in [4.69, 9.17) is 20.9 Å². The fraction of sp³-hybridized carbons (Fsp3) is 0.333. The third kappa shape index (κ3) is 2.74. The number of fused-ring (bicyclic) bond motifs is 1. The Hall–Kier alpha value is -2.01. The highest BCUT2D eigenvalue weighted by Crippen LogP contribution is 2.30. The summed E-state index contributed by atoms with van der Waals surface area (Å²) >= 11 is 5.73. The van der Waals surface area contributed by atoms with E-state index in [1.165, 1.54) is 0 Å². The normalized spacial score (nSPS) is 12.9. The predicted molar refractivity (Wildman–Crippen MR) is 78.8 cm³/mol. The van der Waals surface area contributed by atoms with Gasteiger partial charge < -0.3 is 14.2 Å². The van der Waals surface area contributed by atoms with Crippen LogP contribution in [0.4, 0.5) is 5.69 Å². The van der Waals surface area contributed by atoms with Crippen LogP contribution in [0.3, 0.4) is 0 Å². The van der Waals surface area contributed by atoms with Crippen LogP contribution < -0.4 is 9.64 Å². The number of nitrogens with zero attached hydrogens (tertiary/aromatic N) is 2. The van der Waals surface area contributed by atoms with Crippen LogP contribution in [0.2, 0.25) is 0 Å². The quantitative estimate of drug-likeness (QED) is 0.815. The summed E-state index contributed by atoms with van der Waals surface area (Å²) in [5.41, 5.74) is 3.54. The van der Waals surface area contributed by atoms with Crippen molar-refractivity contribution in [2.45, 2.75) is 19.9 Å². The molecule has 2 heterocycles. The van der Waals surface area contributed by atoms with Crippen molar-refractivity contribution in [1.29, 1.82) is 0 Å². The van der Waals surface area contributed by atoms with Gasteiger partial charge in [0.25, 0.3) is 0 Å². The van der Waals surface area contributed by atoms with Crippen molar-refractivity contribution in [2.24, 2.45) is 0 Å². The Morgan fingerprint density at radius 2 is 2.33 bits per heavy atom. The van der Waals surface area contributed by atoms with Crippen molar-refractivity contribution in [3.05, 3.63) is 41.3 Å². The molecule has 1 aliphatic heterocycles. The molecule has 6 heteroatoms. The van der Waals surface area contributed by atoms with Gasteiger partial charge in [-0.05, 0) is 30.7 Å². The molecule has 0 radical (unpaired) electrons. The lowest BCUT2D eigenvalue weighted by Gasteiger charge is -2.21. The molecule has 0 bridgehead atoms. The monoisotopic (exact) mass is 306 g/mol. The Labute approximate surface area is 127 Å². The van der Waals surface area contributed by atoms with Crippen molar-refractivity contribution in [3.8, 4) is 5.75 Å². The molecule has 3 rings (SSSR count). The molecule has 1 aromatic carbocycles. The van der Waals surface area contributed by atoms with E-state index in [-0.39, 0.29) is 11.8 Å². The lowest BCUT2D eigenvalue weighted by atomic mass is 10.1. The van der Waals surface area contributed by atoms with Crippen LogP contribution >= 0.6 is 11.6 Å². The number of carbonyl (C=O) groups is 1. The molecular weight excluding hydrogens is 292 g/mol. The van der Waals surface area contributed by atoms with Gasteiger partial charge in [-0.3, -0.25) is 4.79 Å². The number of hydrogen-bond acceptors (Lipinski definition) is 4. The Bertz CT molecular complexity index is 669. The van der Waals surface area contributed by atoms with Gasteiger partial charge in [0.05, 0.1) is 13.2 Å². The molecule has 0 fully saturated rings. The summed E-state index contributed by atoms with van der Waals surface area (Å²) in [6.45, 7) is 2.92. The third-order valence-electron chi connectivity index (χ3n) is 3.56. The zero-order valence-corrected chi connectivity index (χ0v) is 12.4. The van der Waals surface area contributed by atoms with E-state index in [2.05, 4.69) is 5.16 Å². The Kier molecular flexibility index (Phi) is 3.84. The summed E-state index contributed by atoms with van der Waals surface area (Å²) in [5.74, 6) is 0.636. The van der Waals surface area contributed by atoms with E-state index in [1.54, 1.807) is 11.2 Å². The minimum absolute atomic E-state index is 0.0789. The topological polar surface area (TPSA) is 55.6 Å². The van der Waals surface area contributed by atoms with E-state index >= 15 is 0 Å². The molecule has 0 unspecified atom stereocenters. The van der Waals surface area contributed by atoms with Crippen molar-refractivity contribution in [3.63, 3.8) is 0 Å². The average Bonchev–Trinajstić information content (AvgIpc) is 3.12. The highest BCUT2D eigenvalue weighted by molar-refractivity contribution is 6.29. The Morgan fingerprint density at radius 3 is 3.05 bits per heavy atom. The zero-order valence-electron chi connectivity index (χ0n) is 11.6. The van der Waals surface area contributed by atoms with Gasteiger partial charge >= 0.3 is 0 Å². The molecule has 21 heavy (non-hydrogen) atoms. The van der Waals surface area contributed by atoms with Crippen LogP contribution in [0.1, 0.15) is 16.8 Å². The first-order chi connectivity index (χ1) is 10.2. The molecule has 1 aromatic heterocycles. The first kappa shape index (κ1) is 13.9. The minimum Gasteiger partial charge on any atom is -0.493 e. The van der Waals surface area contributed by atoms with Crippen molar-refractivity contribution in [2.75, 3.05) is 17.4 Å². The smallest absolute Gasteiger partial charge is 0.242 e. The van der Waals surface area contributed by atoms with Crippen molar-refractivity contribution >= 4 is 23.2 Å². The maximum atomic E-state index is 12.2. The Morgan fingerprint density at radius 1 is 1.48 bits per heavy atom. The molecule has 0 atom stereocenters. The van der Waals surface area contributed by atoms with E-state index in [0.29, 0.717) is 13.2 Å². The summed E-state index contributed by atoms with van der Waals surface area (Å²) in [4.78, 5) is 13.8. The highest BCUT2D eigenvalue weighted by atomic mass is 35.5. The number of hydrogen-bond donors (Lipinski definition) is 0. The van der Waals surface area contributed by atoms with Crippen molar-refractivity contribution in [1.82, 2.24) is 5.16 Å². The van der Waals surface area contributed by atoms with Crippen LogP contribution in [0.5, 0.6) is 5.75 Å². The lowest BCUT2D eigenvalue weighted by molar-refractivity contribution is -0.116. The first-order valence-electron chi connectivity index (χ1n) is 6.71. The number of anilines is 1. The third-order valence-corrected chi connectivity index (χ3v) is 3.78. The molecule has 0 saturated carbocycles. The van der Waals surface area contributed by atoms with Gasteiger partial charge in [-0.25, -0.2) is 0 Å². The maximum Gasteiger partial charge on any atom is 0.242 e. The second kappa shape index (κ2) is 5.77. The molecule has 1 amide bonds. The Balaban J connectivity index is 1.92. The summed E-state index contributed by atoms with van der Waals surface area (Å²) in [6.07, 6.45) is 2.42. The fourth-order valence-electron chi connectivity index (χ4n) is 2.35. The molecule has 2 aromatic rings. The number of amides is 1. The molecule has 0 N–H and O–H groups in total. The number of aryl methyl sites for hydroxylation is 1. The second-order valence-corrected chi connectivity index (χ2v) is 5.22. The van der Waals surface area contributed by atoms with Crippen LogP contribution in [-0.2, 0) is 17.8 Å². The number of ether oxygens (including phenoxy) is 1. The summed E-state index contributed by atoms with van der Waals surface area (Å²) in [6, 6.07) is 5.73. The van der Waals surface area contributed by atoms with E-state index in [1.807, 2.05) is 25.1 Å². The van der Waals surface area contributed by atoms with Gasteiger partial charge in [0, 0.05) is 17.7 Å². The van der Waals surface area contributed by atoms with Crippen LogP contribution in [-0.4, -0.2) is 23.6 Å². The summed E-state index contributed by atoms with van der Waals surface area (Å²) in [7, 11) is 0. The molecule has 0 aliphatic carbocycles. The van der Waals surface area contributed by atoms with Gasteiger partial charge in [0.15, 0.2) is 0 Å². The second-order valence-electron chi connectivity index (χ2n) is 4.95. The van der Waals surface area contributed by atoms with Crippen LogP contribution in [0, 0.1) is 6.92 Å². The van der Waals surface area contributed by atoms with Crippen LogP contribution in [0.25, 0.3) is 0 Å². The molecule has 1 aliphatic rings. The molecular formula is C15H15ClN2O3. The van der Waals surface area contributed by atoms with Gasteiger partial charge in [0.1, 0.15) is 23.6 Å². The van der Waals surface area contributed by atoms with Crippen molar-refractivity contribution < 1.29 is 14.1 Å². The number of alkyl halides is 1. The molecule has 5 nitrogen and oxygen atoms in total. The maximum absolute atomic E-state index is 12.2. The summed E-state index contributed by atoms with van der Waals surface area (Å²) < 4.78 is 10.4. The molecule has 110 valence electrons. The number of aromatic nitrogens is 1. The van der Waals surface area contributed by atoms with Gasteiger partial charge in [-0.15, -0.1) is 11.6 Å². The first-order valence-corrected chi connectivity index (χ1v) is 7.24. The molecule has 0 spiro atoms. The summed E-state index contributed by atoms with van der Waals surface area (Å²) in [5, 5.41) is 3.93. The van der Waals surface area contributed by atoms with E-state index in [0.717, 1.165) is 34.7 Å². The molecule has 0 saturated heterocycles. The SMILES string of the molecule is Cc1conc1CN(C(=O)CCl)c1ccc2c(c1)CCO2. The fourth-order valence-corrected chi connectivity index (χ4v) is 2.49. The average molecular weight is 307 g/mol.